The molecule has 1 saturated heterocycles. The molecule has 4 nitrogen and oxygen atoms in total. The molecule has 0 bridgehead atoms. The van der Waals surface area contributed by atoms with E-state index in [2.05, 4.69) is 15.9 Å². The van der Waals surface area contributed by atoms with E-state index in [9.17, 15) is 4.79 Å². The predicted octanol–water partition coefficient (Wildman–Crippen LogP) is 3.63. The van der Waals surface area contributed by atoms with E-state index >= 15 is 0 Å². The maximum Gasteiger partial charge on any atom is 0.410 e. The van der Waals surface area contributed by atoms with Gasteiger partial charge in [0.15, 0.2) is 0 Å². The number of carbonyl (C=O) groups is 1. The molecule has 0 aliphatic carbocycles. The highest BCUT2D eigenvalue weighted by atomic mass is 79.9. The van der Waals surface area contributed by atoms with E-state index in [4.69, 9.17) is 10.5 Å². The molecule has 2 rings (SSSR count). The van der Waals surface area contributed by atoms with Crippen LogP contribution in [0.15, 0.2) is 28.7 Å². The van der Waals surface area contributed by atoms with Crippen molar-refractivity contribution in [3.63, 3.8) is 0 Å². The van der Waals surface area contributed by atoms with Gasteiger partial charge < -0.3 is 15.4 Å². The second kappa shape index (κ2) is 5.97. The Bertz CT molecular complexity index is 500. The smallest absolute Gasteiger partial charge is 0.410 e. The quantitative estimate of drug-likeness (QED) is 0.837. The van der Waals surface area contributed by atoms with Crippen LogP contribution in [0.5, 0.6) is 0 Å². The second-order valence-electron chi connectivity index (χ2n) is 6.63. The fourth-order valence-corrected chi connectivity index (χ4v) is 2.75. The zero-order chi connectivity index (χ0) is 15.7. The number of nitrogens with zero attached hydrogens (tertiary/aromatic N) is 1. The van der Waals surface area contributed by atoms with Gasteiger partial charge in [-0.3, -0.25) is 0 Å². The summed E-state index contributed by atoms with van der Waals surface area (Å²) in [5, 5.41) is 0. The predicted molar refractivity (Wildman–Crippen MR) is 87.0 cm³/mol. The summed E-state index contributed by atoms with van der Waals surface area (Å²) in [6, 6.07) is 8.11. The molecule has 0 spiro atoms. The molecule has 5 heteroatoms. The molecule has 116 valence electrons. The molecule has 0 saturated carbocycles. The molecule has 1 aromatic carbocycles. The maximum atomic E-state index is 12.1. The lowest BCUT2D eigenvalue weighted by molar-refractivity contribution is 0.0166. The fraction of sp³-hybridized carbons (Fsp3) is 0.562. The average molecular weight is 355 g/mol. The van der Waals surface area contributed by atoms with Crippen molar-refractivity contribution < 1.29 is 9.53 Å². The largest absolute Gasteiger partial charge is 0.444 e. The van der Waals surface area contributed by atoms with Crippen molar-refractivity contribution in [3.05, 3.63) is 34.3 Å². The number of benzene rings is 1. The molecular weight excluding hydrogens is 332 g/mol. The number of amides is 1. The number of likely N-dealkylation sites (tertiary alicyclic amines) is 1. The van der Waals surface area contributed by atoms with Crippen LogP contribution in [0.3, 0.4) is 0 Å². The minimum atomic E-state index is -0.458. The first-order valence-corrected chi connectivity index (χ1v) is 8.02. The van der Waals surface area contributed by atoms with E-state index in [1.807, 2.05) is 45.0 Å². The Morgan fingerprint density at radius 2 is 1.76 bits per heavy atom. The number of ether oxygens (including phenoxy) is 1. The van der Waals surface area contributed by atoms with Gasteiger partial charge in [0.05, 0.1) is 0 Å². The lowest BCUT2D eigenvalue weighted by atomic mass is 9.82. The first kappa shape index (κ1) is 16.3. The Kier molecular flexibility index (Phi) is 4.63. The summed E-state index contributed by atoms with van der Waals surface area (Å²) >= 11 is 3.43. The van der Waals surface area contributed by atoms with Crippen molar-refractivity contribution in [2.75, 3.05) is 13.1 Å². The van der Waals surface area contributed by atoms with Gasteiger partial charge in [-0.15, -0.1) is 0 Å². The van der Waals surface area contributed by atoms with Crippen molar-refractivity contribution >= 4 is 22.0 Å². The summed E-state index contributed by atoms with van der Waals surface area (Å²) < 4.78 is 6.45. The van der Waals surface area contributed by atoms with Crippen LogP contribution >= 0.6 is 15.9 Å². The third-order valence-corrected chi connectivity index (χ3v) is 4.26. The Morgan fingerprint density at radius 3 is 2.24 bits per heavy atom. The molecule has 2 N–H and O–H groups in total. The molecule has 0 aromatic heterocycles. The third-order valence-electron chi connectivity index (χ3n) is 3.73. The van der Waals surface area contributed by atoms with Crippen LogP contribution in [-0.2, 0) is 10.3 Å². The summed E-state index contributed by atoms with van der Waals surface area (Å²) in [6.45, 7) is 6.89. The van der Waals surface area contributed by atoms with Gasteiger partial charge in [-0.05, 0) is 51.3 Å². The van der Waals surface area contributed by atoms with Gasteiger partial charge in [0.2, 0.25) is 0 Å². The monoisotopic (exact) mass is 354 g/mol. The zero-order valence-corrected chi connectivity index (χ0v) is 14.4. The van der Waals surface area contributed by atoms with Crippen LogP contribution in [-0.4, -0.2) is 29.7 Å². The number of rotatable bonds is 1. The molecule has 1 aromatic rings. The lowest BCUT2D eigenvalue weighted by Gasteiger charge is -2.39. The third kappa shape index (κ3) is 4.20. The number of hydrogen-bond acceptors (Lipinski definition) is 3. The molecule has 1 aliphatic rings. The standard InChI is InChI=1S/C16H23BrN2O2/c1-15(2,3)21-14(20)19-10-8-16(18,9-11-19)12-4-6-13(17)7-5-12/h4-7H,8-11,18H2,1-3H3. The Hall–Kier alpha value is -1.07. The number of piperidine rings is 1. The van der Waals surface area contributed by atoms with Crippen molar-refractivity contribution in [2.24, 2.45) is 5.73 Å². The first-order chi connectivity index (χ1) is 9.70. The van der Waals surface area contributed by atoms with E-state index in [1.54, 1.807) is 4.90 Å². The van der Waals surface area contributed by atoms with Crippen molar-refractivity contribution in [1.82, 2.24) is 4.90 Å². The van der Waals surface area contributed by atoms with Gasteiger partial charge in [0.25, 0.3) is 0 Å². The van der Waals surface area contributed by atoms with Gasteiger partial charge in [-0.1, -0.05) is 28.1 Å². The van der Waals surface area contributed by atoms with Gasteiger partial charge in [0, 0.05) is 23.1 Å². The van der Waals surface area contributed by atoms with Crippen molar-refractivity contribution in [3.8, 4) is 0 Å². The Labute approximate surface area is 134 Å². The van der Waals surface area contributed by atoms with Gasteiger partial charge in [-0.25, -0.2) is 4.79 Å². The number of nitrogens with two attached hydrogens (primary N) is 1. The first-order valence-electron chi connectivity index (χ1n) is 7.22. The van der Waals surface area contributed by atoms with Crippen LogP contribution in [0.4, 0.5) is 4.79 Å². The number of carbonyl (C=O) groups excluding carboxylic acids is 1. The summed E-state index contributed by atoms with van der Waals surface area (Å²) in [7, 11) is 0. The minimum Gasteiger partial charge on any atom is -0.444 e. The van der Waals surface area contributed by atoms with Crippen molar-refractivity contribution in [2.45, 2.75) is 44.8 Å². The van der Waals surface area contributed by atoms with Crippen LogP contribution in [0, 0.1) is 0 Å². The SMILES string of the molecule is CC(C)(C)OC(=O)N1CCC(N)(c2ccc(Br)cc2)CC1. The molecule has 21 heavy (non-hydrogen) atoms. The Balaban J connectivity index is 1.99. The summed E-state index contributed by atoms with van der Waals surface area (Å²) in [5.74, 6) is 0. The van der Waals surface area contributed by atoms with Crippen LogP contribution < -0.4 is 5.73 Å². The van der Waals surface area contributed by atoms with Crippen molar-refractivity contribution in [1.29, 1.82) is 0 Å². The normalized spacial score (nSPS) is 18.4. The van der Waals surface area contributed by atoms with Gasteiger partial charge in [0.1, 0.15) is 5.60 Å². The van der Waals surface area contributed by atoms with Crippen LogP contribution in [0.25, 0.3) is 0 Å². The van der Waals surface area contributed by atoms with E-state index < -0.39 is 5.60 Å². The van der Waals surface area contributed by atoms with Crippen LogP contribution in [0.1, 0.15) is 39.2 Å². The number of hydrogen-bond donors (Lipinski definition) is 1. The molecule has 0 atom stereocenters. The van der Waals surface area contributed by atoms with Gasteiger partial charge >= 0.3 is 6.09 Å². The maximum absolute atomic E-state index is 12.1. The molecule has 0 unspecified atom stereocenters. The van der Waals surface area contributed by atoms with E-state index in [0.717, 1.165) is 22.9 Å². The van der Waals surface area contributed by atoms with E-state index in [1.165, 1.54) is 0 Å². The summed E-state index contributed by atoms with van der Waals surface area (Å²) in [6.07, 6.45) is 1.24. The molecule has 1 heterocycles. The molecule has 1 aliphatic heterocycles. The topological polar surface area (TPSA) is 55.6 Å². The zero-order valence-electron chi connectivity index (χ0n) is 12.9. The van der Waals surface area contributed by atoms with E-state index in [-0.39, 0.29) is 11.6 Å². The highest BCUT2D eigenvalue weighted by molar-refractivity contribution is 9.10. The summed E-state index contributed by atoms with van der Waals surface area (Å²) in [4.78, 5) is 13.8. The highest BCUT2D eigenvalue weighted by Gasteiger charge is 2.35. The van der Waals surface area contributed by atoms with E-state index in [0.29, 0.717) is 13.1 Å². The molecule has 1 amide bonds. The molecular formula is C16H23BrN2O2. The average Bonchev–Trinajstić information content (AvgIpc) is 2.38. The molecule has 0 radical (unpaired) electrons. The second-order valence-corrected chi connectivity index (χ2v) is 7.55. The fourth-order valence-electron chi connectivity index (χ4n) is 2.49. The van der Waals surface area contributed by atoms with Crippen LogP contribution in [0.2, 0.25) is 0 Å². The molecule has 1 fully saturated rings. The Morgan fingerprint density at radius 1 is 1.24 bits per heavy atom. The minimum absolute atomic E-state index is 0.250. The van der Waals surface area contributed by atoms with Gasteiger partial charge in [-0.2, -0.15) is 0 Å². The lowest BCUT2D eigenvalue weighted by Crippen LogP contribution is -2.50. The summed E-state index contributed by atoms with van der Waals surface area (Å²) in [5.41, 5.74) is 6.83. The highest BCUT2D eigenvalue weighted by Crippen LogP contribution is 2.31. The number of halogens is 1.